The van der Waals surface area contributed by atoms with Crippen molar-refractivity contribution in [2.75, 3.05) is 6.61 Å². The molecular weight excluding hydrogens is 307 g/mol. The highest BCUT2D eigenvalue weighted by molar-refractivity contribution is 5.63. The maximum Gasteiger partial charge on any atom is 0.296 e. The molecule has 0 saturated carbocycles. The van der Waals surface area contributed by atoms with Crippen molar-refractivity contribution in [3.05, 3.63) is 66.7 Å². The van der Waals surface area contributed by atoms with Gasteiger partial charge in [-0.3, -0.25) is 0 Å². The van der Waals surface area contributed by atoms with Crippen LogP contribution in [0, 0.1) is 5.82 Å². The number of aryl methyl sites for hydroxylation is 1. The number of ether oxygens (including phenoxy) is 2. The molecule has 24 heavy (non-hydrogen) atoms. The number of hydrogen-bond donors (Lipinski definition) is 0. The molecule has 0 aliphatic carbocycles. The molecule has 0 N–H and O–H groups in total. The normalized spacial score (nSPS) is 16.3. The Morgan fingerprint density at radius 1 is 1.08 bits per heavy atom. The fraction of sp³-hybridized carbons (Fsp3) is 0.211. The van der Waals surface area contributed by atoms with E-state index in [9.17, 15) is 4.39 Å². The van der Waals surface area contributed by atoms with Gasteiger partial charge in [0.05, 0.1) is 0 Å². The summed E-state index contributed by atoms with van der Waals surface area (Å²) in [7, 11) is 0. The first-order chi connectivity index (χ1) is 11.8. The van der Waals surface area contributed by atoms with E-state index >= 15 is 0 Å². The van der Waals surface area contributed by atoms with E-state index in [0.29, 0.717) is 12.6 Å². The van der Waals surface area contributed by atoms with Crippen molar-refractivity contribution in [2.24, 2.45) is 0 Å². The van der Waals surface area contributed by atoms with Crippen molar-refractivity contribution in [3.63, 3.8) is 0 Å². The molecule has 1 aliphatic rings. The number of fused-ring (bicyclic) bond motifs is 1. The van der Waals surface area contributed by atoms with Crippen LogP contribution in [0.5, 0.6) is 11.8 Å². The average Bonchev–Trinajstić information content (AvgIpc) is 3.09. The second kappa shape index (κ2) is 6.35. The maximum absolute atomic E-state index is 13.0. The predicted molar refractivity (Wildman–Crippen MR) is 88.6 cm³/mol. The third kappa shape index (κ3) is 3.11. The number of halogens is 1. The molecule has 0 saturated heterocycles. The Kier molecular flexibility index (Phi) is 3.91. The monoisotopic (exact) mass is 324 g/mol. The summed E-state index contributed by atoms with van der Waals surface area (Å²) in [6.45, 7) is 1.38. The minimum Gasteiger partial charge on any atom is -0.490 e. The summed E-state index contributed by atoms with van der Waals surface area (Å²) in [5, 5.41) is 0. The number of imidazole rings is 1. The molecule has 1 atom stereocenters. The standard InChI is InChI=1S/C19H17FN2O2/c20-16-5-1-14(2-6-16)15-3-7-17(8-4-15)23-13-18-9-11-22-12-10-21-19(22)24-18/h1-8,10,12,18H,9,11,13H2. The Labute approximate surface area is 139 Å². The van der Waals surface area contributed by atoms with Crippen LogP contribution in [0.25, 0.3) is 11.1 Å². The summed E-state index contributed by atoms with van der Waals surface area (Å²) in [5.41, 5.74) is 2.00. The second-order valence-electron chi connectivity index (χ2n) is 5.77. The fourth-order valence-electron chi connectivity index (χ4n) is 2.77. The van der Waals surface area contributed by atoms with Crippen LogP contribution < -0.4 is 9.47 Å². The van der Waals surface area contributed by atoms with Crippen LogP contribution in [0.3, 0.4) is 0 Å². The Morgan fingerprint density at radius 2 is 1.79 bits per heavy atom. The van der Waals surface area contributed by atoms with E-state index in [1.54, 1.807) is 18.3 Å². The van der Waals surface area contributed by atoms with Gasteiger partial charge in [0.2, 0.25) is 0 Å². The summed E-state index contributed by atoms with van der Waals surface area (Å²) in [4.78, 5) is 4.17. The summed E-state index contributed by atoms with van der Waals surface area (Å²) < 4.78 is 26.6. The van der Waals surface area contributed by atoms with Crippen LogP contribution >= 0.6 is 0 Å². The quantitative estimate of drug-likeness (QED) is 0.730. The van der Waals surface area contributed by atoms with Gasteiger partial charge in [0.25, 0.3) is 6.01 Å². The Morgan fingerprint density at radius 3 is 2.54 bits per heavy atom. The number of hydrogen-bond acceptors (Lipinski definition) is 3. The molecule has 0 radical (unpaired) electrons. The van der Waals surface area contributed by atoms with Crippen LogP contribution in [-0.2, 0) is 6.54 Å². The van der Waals surface area contributed by atoms with E-state index in [1.807, 2.05) is 35.0 Å². The highest BCUT2D eigenvalue weighted by Gasteiger charge is 2.20. The summed E-state index contributed by atoms with van der Waals surface area (Å²) in [6, 6.07) is 14.9. The molecule has 3 aromatic rings. The molecule has 0 bridgehead atoms. The van der Waals surface area contributed by atoms with Gasteiger partial charge in [-0.05, 0) is 35.4 Å². The molecule has 0 amide bonds. The van der Waals surface area contributed by atoms with Crippen LogP contribution in [0.1, 0.15) is 6.42 Å². The van der Waals surface area contributed by atoms with E-state index in [2.05, 4.69) is 4.98 Å². The third-order valence-electron chi connectivity index (χ3n) is 4.11. The van der Waals surface area contributed by atoms with Gasteiger partial charge in [-0.1, -0.05) is 24.3 Å². The molecule has 0 fully saturated rings. The number of aromatic nitrogens is 2. The molecule has 1 unspecified atom stereocenters. The predicted octanol–water partition coefficient (Wildman–Crippen LogP) is 3.92. The molecule has 122 valence electrons. The summed E-state index contributed by atoms with van der Waals surface area (Å²) >= 11 is 0. The molecule has 2 aromatic carbocycles. The van der Waals surface area contributed by atoms with Crippen molar-refractivity contribution >= 4 is 0 Å². The Bertz CT molecular complexity index is 812. The maximum atomic E-state index is 13.0. The van der Waals surface area contributed by atoms with E-state index in [-0.39, 0.29) is 11.9 Å². The lowest BCUT2D eigenvalue weighted by Crippen LogP contribution is -2.31. The topological polar surface area (TPSA) is 36.3 Å². The molecule has 1 aliphatic heterocycles. The summed E-state index contributed by atoms with van der Waals surface area (Å²) in [5.74, 6) is 0.560. The molecular formula is C19H17FN2O2. The number of nitrogens with zero attached hydrogens (tertiary/aromatic N) is 2. The van der Waals surface area contributed by atoms with Gasteiger partial charge in [-0.15, -0.1) is 0 Å². The lowest BCUT2D eigenvalue weighted by molar-refractivity contribution is 0.0821. The lowest BCUT2D eigenvalue weighted by atomic mass is 10.1. The van der Waals surface area contributed by atoms with Crippen molar-refractivity contribution in [2.45, 2.75) is 19.1 Å². The zero-order valence-corrected chi connectivity index (χ0v) is 13.1. The van der Waals surface area contributed by atoms with Gasteiger partial charge >= 0.3 is 0 Å². The molecule has 0 spiro atoms. The minimum atomic E-state index is -0.230. The van der Waals surface area contributed by atoms with Crippen molar-refractivity contribution in [3.8, 4) is 22.9 Å². The first kappa shape index (κ1) is 14.8. The van der Waals surface area contributed by atoms with Crippen molar-refractivity contribution in [1.82, 2.24) is 9.55 Å². The summed E-state index contributed by atoms with van der Waals surface area (Å²) in [6.07, 6.45) is 4.57. The second-order valence-corrected chi connectivity index (χ2v) is 5.77. The van der Waals surface area contributed by atoms with Gasteiger partial charge in [0.1, 0.15) is 24.3 Å². The minimum absolute atomic E-state index is 0.0108. The average molecular weight is 324 g/mol. The molecule has 2 heterocycles. The van der Waals surface area contributed by atoms with Crippen molar-refractivity contribution in [1.29, 1.82) is 0 Å². The van der Waals surface area contributed by atoms with Crippen molar-refractivity contribution < 1.29 is 13.9 Å². The van der Waals surface area contributed by atoms with Gasteiger partial charge < -0.3 is 14.0 Å². The largest absolute Gasteiger partial charge is 0.490 e. The smallest absolute Gasteiger partial charge is 0.296 e. The first-order valence-corrected chi connectivity index (χ1v) is 7.94. The van der Waals surface area contributed by atoms with E-state index in [4.69, 9.17) is 9.47 Å². The highest BCUT2D eigenvalue weighted by Crippen LogP contribution is 2.24. The Hall–Kier alpha value is -2.82. The highest BCUT2D eigenvalue weighted by atomic mass is 19.1. The molecule has 4 nitrogen and oxygen atoms in total. The zero-order valence-electron chi connectivity index (χ0n) is 13.1. The van der Waals surface area contributed by atoms with Gasteiger partial charge in [-0.2, -0.15) is 0 Å². The van der Waals surface area contributed by atoms with E-state index in [1.165, 1.54) is 12.1 Å². The van der Waals surface area contributed by atoms with E-state index < -0.39 is 0 Å². The lowest BCUT2D eigenvalue weighted by Gasteiger charge is -2.24. The fourth-order valence-corrected chi connectivity index (χ4v) is 2.77. The van der Waals surface area contributed by atoms with Crippen LogP contribution in [-0.4, -0.2) is 22.3 Å². The Balaban J connectivity index is 1.37. The SMILES string of the molecule is Fc1ccc(-c2ccc(OCC3CCn4ccnc4O3)cc2)cc1. The molecule has 1 aromatic heterocycles. The number of benzene rings is 2. The van der Waals surface area contributed by atoms with Gasteiger partial charge in [0.15, 0.2) is 0 Å². The first-order valence-electron chi connectivity index (χ1n) is 7.94. The van der Waals surface area contributed by atoms with Gasteiger partial charge in [-0.25, -0.2) is 9.37 Å². The zero-order chi connectivity index (χ0) is 16.4. The van der Waals surface area contributed by atoms with Crippen LogP contribution in [0.15, 0.2) is 60.9 Å². The van der Waals surface area contributed by atoms with Gasteiger partial charge in [0, 0.05) is 25.4 Å². The molecule has 5 heteroatoms. The molecule has 4 rings (SSSR count). The van der Waals surface area contributed by atoms with Crippen LogP contribution in [0.2, 0.25) is 0 Å². The van der Waals surface area contributed by atoms with Crippen LogP contribution in [0.4, 0.5) is 4.39 Å². The number of rotatable bonds is 4. The third-order valence-corrected chi connectivity index (χ3v) is 4.11. The van der Waals surface area contributed by atoms with E-state index in [0.717, 1.165) is 29.8 Å².